The Morgan fingerprint density at radius 2 is 1.97 bits per heavy atom. The predicted octanol–water partition coefficient (Wildman–Crippen LogP) is 5.46. The van der Waals surface area contributed by atoms with Crippen LogP contribution in [-0.2, 0) is 15.7 Å². The summed E-state index contributed by atoms with van der Waals surface area (Å²) in [7, 11) is 0. The molecule has 0 aliphatic heterocycles. The van der Waals surface area contributed by atoms with Gasteiger partial charge in [-0.3, -0.25) is 4.79 Å². The van der Waals surface area contributed by atoms with Gasteiger partial charge in [0, 0.05) is 12.3 Å². The van der Waals surface area contributed by atoms with Gasteiger partial charge in [0.1, 0.15) is 24.2 Å². The van der Waals surface area contributed by atoms with Gasteiger partial charge >= 0.3 is 6.18 Å². The molecule has 8 heteroatoms. The lowest BCUT2D eigenvalue weighted by Gasteiger charge is -2.15. The summed E-state index contributed by atoms with van der Waals surface area (Å²) in [5.41, 5.74) is -0.810. The maximum atomic E-state index is 12.8. The van der Waals surface area contributed by atoms with Crippen LogP contribution >= 0.6 is 0 Å². The molecule has 1 unspecified atom stereocenters. The summed E-state index contributed by atoms with van der Waals surface area (Å²) in [5.74, 6) is 0.0694. The van der Waals surface area contributed by atoms with Crippen molar-refractivity contribution in [3.05, 3.63) is 54.1 Å². The zero-order valence-electron chi connectivity index (χ0n) is 19.7. The number of carbonyl (C=O) groups excluding carboxylic acids is 1. The number of ether oxygens (including phenoxy) is 2. The van der Waals surface area contributed by atoms with Gasteiger partial charge in [-0.05, 0) is 70.1 Å². The number of aliphatic hydroxyl groups is 2. The highest BCUT2D eigenvalue weighted by Crippen LogP contribution is 2.33. The van der Waals surface area contributed by atoms with Gasteiger partial charge in [0.2, 0.25) is 0 Å². The van der Waals surface area contributed by atoms with Gasteiger partial charge in [-0.1, -0.05) is 30.4 Å². The Kier molecular flexibility index (Phi) is 11.3. The molecular formula is C26H35F3O5. The normalized spacial score (nSPS) is 21.1. The van der Waals surface area contributed by atoms with Gasteiger partial charge in [0.15, 0.2) is 6.29 Å². The summed E-state index contributed by atoms with van der Waals surface area (Å²) in [5, 5.41) is 19.9. The van der Waals surface area contributed by atoms with Crippen LogP contribution in [0, 0.1) is 11.8 Å². The van der Waals surface area contributed by atoms with E-state index in [1.165, 1.54) is 12.1 Å². The number of rotatable bonds is 13. The van der Waals surface area contributed by atoms with Crippen molar-refractivity contribution in [1.82, 2.24) is 0 Å². The Balaban J connectivity index is 1.77. The average Bonchev–Trinajstić information content (AvgIpc) is 3.11. The molecule has 1 aromatic rings. The quantitative estimate of drug-likeness (QED) is 0.221. The Morgan fingerprint density at radius 3 is 2.68 bits per heavy atom. The number of halogens is 3. The molecule has 2 rings (SSSR count). The molecule has 1 aliphatic rings. The predicted molar refractivity (Wildman–Crippen MR) is 123 cm³/mol. The van der Waals surface area contributed by atoms with E-state index in [2.05, 4.69) is 0 Å². The first-order valence-corrected chi connectivity index (χ1v) is 11.7. The summed E-state index contributed by atoms with van der Waals surface area (Å²) in [6, 6.07) is 4.51. The number of hydrogen-bond acceptors (Lipinski definition) is 5. The second-order valence-electron chi connectivity index (χ2n) is 8.84. The first-order valence-electron chi connectivity index (χ1n) is 11.7. The molecule has 0 spiro atoms. The Bertz CT molecular complexity index is 819. The summed E-state index contributed by atoms with van der Waals surface area (Å²) in [6.07, 6.45) is 5.02. The van der Waals surface area contributed by atoms with Gasteiger partial charge in [0.05, 0.1) is 11.7 Å². The number of Topliss-reactive ketones (excluding diaryl/α,β-unsaturated/α-hetero) is 1. The highest BCUT2D eigenvalue weighted by molar-refractivity contribution is 5.83. The topological polar surface area (TPSA) is 76.0 Å². The zero-order chi connectivity index (χ0) is 25.1. The van der Waals surface area contributed by atoms with E-state index in [0.29, 0.717) is 25.7 Å². The maximum Gasteiger partial charge on any atom is 0.416 e. The Labute approximate surface area is 199 Å². The van der Waals surface area contributed by atoms with E-state index in [1.807, 2.05) is 32.1 Å². The van der Waals surface area contributed by atoms with Crippen LogP contribution in [0.3, 0.4) is 0 Å². The molecule has 0 amide bonds. The number of unbranched alkanes of at least 4 members (excludes halogenated alkanes) is 1. The summed E-state index contributed by atoms with van der Waals surface area (Å²) in [6.45, 7) is 3.55. The molecule has 1 fully saturated rings. The Hall–Kier alpha value is -2.16. The summed E-state index contributed by atoms with van der Waals surface area (Å²) < 4.78 is 48.9. The van der Waals surface area contributed by atoms with Crippen LogP contribution in [0.4, 0.5) is 13.2 Å². The minimum atomic E-state index is -4.46. The van der Waals surface area contributed by atoms with Crippen LogP contribution in [-0.4, -0.2) is 41.1 Å². The second kappa shape index (κ2) is 13.7. The SMILES string of the molecule is CC(C)OC(O)CCC/C=C\C[C@@H]1C(=O)CC[C@@H]1/C=C/[C@@H](O)COc1cccc(C(F)(F)F)c1. The smallest absolute Gasteiger partial charge is 0.416 e. The van der Waals surface area contributed by atoms with Crippen LogP contribution in [0.1, 0.15) is 57.9 Å². The van der Waals surface area contributed by atoms with Crippen LogP contribution in [0.15, 0.2) is 48.6 Å². The zero-order valence-corrected chi connectivity index (χ0v) is 19.7. The van der Waals surface area contributed by atoms with Crippen molar-refractivity contribution in [2.75, 3.05) is 6.61 Å². The fourth-order valence-corrected chi connectivity index (χ4v) is 3.89. The minimum Gasteiger partial charge on any atom is -0.491 e. The van der Waals surface area contributed by atoms with E-state index in [0.717, 1.165) is 25.0 Å². The van der Waals surface area contributed by atoms with Crippen molar-refractivity contribution in [2.24, 2.45) is 11.8 Å². The lowest BCUT2D eigenvalue weighted by Crippen LogP contribution is -2.17. The van der Waals surface area contributed by atoms with Crippen molar-refractivity contribution in [2.45, 2.75) is 77.0 Å². The van der Waals surface area contributed by atoms with Crippen LogP contribution in [0.2, 0.25) is 0 Å². The summed E-state index contributed by atoms with van der Waals surface area (Å²) >= 11 is 0. The molecule has 1 aromatic carbocycles. The molecule has 1 aliphatic carbocycles. The van der Waals surface area contributed by atoms with Gasteiger partial charge in [0.25, 0.3) is 0 Å². The van der Waals surface area contributed by atoms with Crippen molar-refractivity contribution < 1.29 is 37.7 Å². The average molecular weight is 485 g/mol. The summed E-state index contributed by atoms with van der Waals surface area (Å²) in [4.78, 5) is 12.3. The van der Waals surface area contributed by atoms with Crippen molar-refractivity contribution in [3.63, 3.8) is 0 Å². The van der Waals surface area contributed by atoms with Crippen LogP contribution in [0.5, 0.6) is 5.75 Å². The lowest BCUT2D eigenvalue weighted by molar-refractivity contribution is -0.137. The van der Waals surface area contributed by atoms with Crippen molar-refractivity contribution >= 4 is 5.78 Å². The third kappa shape index (κ3) is 9.99. The molecule has 34 heavy (non-hydrogen) atoms. The van der Waals surface area contributed by atoms with Crippen LogP contribution < -0.4 is 4.74 Å². The van der Waals surface area contributed by atoms with E-state index in [-0.39, 0.29) is 36.1 Å². The lowest BCUT2D eigenvalue weighted by atomic mass is 9.91. The number of alkyl halides is 3. The Morgan fingerprint density at radius 1 is 1.21 bits per heavy atom. The third-order valence-electron chi connectivity index (χ3n) is 5.62. The highest BCUT2D eigenvalue weighted by Gasteiger charge is 2.32. The van der Waals surface area contributed by atoms with Crippen molar-refractivity contribution in [1.29, 1.82) is 0 Å². The molecule has 0 heterocycles. The standard InChI is InChI=1S/C26H35F3O5/c1-18(2)34-25(32)11-6-4-3-5-10-23-19(13-15-24(23)31)12-14-21(30)17-33-22-9-7-8-20(16-22)26(27,28)29/h3,5,7-9,12,14,16,18-19,21,23,25,30,32H,4,6,10-11,13,15,17H2,1-2H3/b5-3-,14-12+/t19-,21+,23-,25?/m0/s1. The number of aliphatic hydroxyl groups excluding tert-OH is 2. The monoisotopic (exact) mass is 484 g/mol. The van der Waals surface area contributed by atoms with Gasteiger partial charge in [-0.15, -0.1) is 0 Å². The number of allylic oxidation sites excluding steroid dienone is 3. The third-order valence-corrected chi connectivity index (χ3v) is 5.62. The molecular weight excluding hydrogens is 449 g/mol. The minimum absolute atomic E-state index is 0.00150. The highest BCUT2D eigenvalue weighted by atomic mass is 19.4. The molecule has 0 aromatic heterocycles. The number of benzene rings is 1. The van der Waals surface area contributed by atoms with E-state index in [9.17, 15) is 28.2 Å². The first kappa shape index (κ1) is 28.1. The number of carbonyl (C=O) groups is 1. The number of ketones is 1. The van der Waals surface area contributed by atoms with Gasteiger partial charge in [-0.2, -0.15) is 13.2 Å². The molecule has 0 radical (unpaired) electrons. The fourth-order valence-electron chi connectivity index (χ4n) is 3.89. The first-order chi connectivity index (χ1) is 16.1. The van der Waals surface area contributed by atoms with E-state index in [1.54, 1.807) is 6.08 Å². The van der Waals surface area contributed by atoms with Crippen molar-refractivity contribution in [3.8, 4) is 5.75 Å². The largest absolute Gasteiger partial charge is 0.491 e. The second-order valence-corrected chi connectivity index (χ2v) is 8.84. The maximum absolute atomic E-state index is 12.8. The van der Waals surface area contributed by atoms with Gasteiger partial charge < -0.3 is 19.7 Å². The molecule has 190 valence electrons. The molecule has 0 bridgehead atoms. The number of hydrogen-bond donors (Lipinski definition) is 2. The van der Waals surface area contributed by atoms with Crippen LogP contribution in [0.25, 0.3) is 0 Å². The molecule has 0 saturated heterocycles. The van der Waals surface area contributed by atoms with Gasteiger partial charge in [-0.25, -0.2) is 0 Å². The molecule has 4 atom stereocenters. The fraction of sp³-hybridized carbons (Fsp3) is 0.577. The van der Waals surface area contributed by atoms with E-state index >= 15 is 0 Å². The molecule has 5 nitrogen and oxygen atoms in total. The van der Waals surface area contributed by atoms with E-state index in [4.69, 9.17) is 9.47 Å². The molecule has 2 N–H and O–H groups in total. The molecule has 1 saturated carbocycles. The van der Waals surface area contributed by atoms with E-state index < -0.39 is 24.1 Å².